The summed E-state index contributed by atoms with van der Waals surface area (Å²) in [6.45, 7) is 3.41. The van der Waals surface area contributed by atoms with E-state index in [4.69, 9.17) is 16.3 Å². The predicted molar refractivity (Wildman–Crippen MR) is 151 cm³/mol. The molecule has 38 heavy (non-hydrogen) atoms. The van der Waals surface area contributed by atoms with Gasteiger partial charge in [0, 0.05) is 47.8 Å². The summed E-state index contributed by atoms with van der Waals surface area (Å²) in [4.78, 5) is 33.7. The molecular formula is C30H28ClN3O4. The number of benzene rings is 3. The van der Waals surface area contributed by atoms with E-state index < -0.39 is 5.97 Å². The number of carboxylic acids is 1. The van der Waals surface area contributed by atoms with E-state index in [0.29, 0.717) is 30.5 Å². The molecule has 4 rings (SSSR count). The molecule has 0 spiro atoms. The minimum absolute atomic E-state index is 0.0160. The summed E-state index contributed by atoms with van der Waals surface area (Å²) in [5.41, 5.74) is 3.62. The summed E-state index contributed by atoms with van der Waals surface area (Å²) in [6.07, 6.45) is 1.61. The fourth-order valence-corrected chi connectivity index (χ4v) is 4.14. The van der Waals surface area contributed by atoms with E-state index in [2.05, 4.69) is 4.98 Å². The molecular weight excluding hydrogens is 502 g/mol. The van der Waals surface area contributed by atoms with Crippen LogP contribution in [0.4, 0.5) is 22.7 Å². The van der Waals surface area contributed by atoms with E-state index in [1.165, 1.54) is 6.07 Å². The molecule has 7 nitrogen and oxygen atoms in total. The number of rotatable bonds is 11. The van der Waals surface area contributed by atoms with Crippen molar-refractivity contribution in [3.63, 3.8) is 0 Å². The third kappa shape index (κ3) is 6.37. The van der Waals surface area contributed by atoms with Crippen molar-refractivity contribution in [3.05, 3.63) is 113 Å². The van der Waals surface area contributed by atoms with Crippen molar-refractivity contribution in [2.24, 2.45) is 0 Å². The van der Waals surface area contributed by atoms with E-state index >= 15 is 0 Å². The van der Waals surface area contributed by atoms with Crippen LogP contribution in [0.15, 0.2) is 91.1 Å². The molecule has 8 heteroatoms. The maximum Gasteiger partial charge on any atom is 0.335 e. The third-order valence-electron chi connectivity index (χ3n) is 6.05. The van der Waals surface area contributed by atoms with Crippen LogP contribution in [0.5, 0.6) is 0 Å². The summed E-state index contributed by atoms with van der Waals surface area (Å²) in [5, 5.41) is 10.4. The smallest absolute Gasteiger partial charge is 0.335 e. The van der Waals surface area contributed by atoms with Crippen LogP contribution in [-0.2, 0) is 4.74 Å². The van der Waals surface area contributed by atoms with Crippen molar-refractivity contribution >= 4 is 46.1 Å². The molecule has 0 saturated carbocycles. The van der Waals surface area contributed by atoms with Crippen molar-refractivity contribution in [3.8, 4) is 0 Å². The lowest BCUT2D eigenvalue weighted by atomic mass is 10.0. The number of hydrogen-bond donors (Lipinski definition) is 1. The number of aromatic nitrogens is 1. The Bertz CT molecular complexity index is 1390. The van der Waals surface area contributed by atoms with Gasteiger partial charge < -0.3 is 19.6 Å². The second-order valence-corrected chi connectivity index (χ2v) is 8.96. The number of carbonyl (C=O) groups is 2. The Morgan fingerprint density at radius 3 is 2.18 bits per heavy atom. The normalized spacial score (nSPS) is 10.7. The average molecular weight is 530 g/mol. The highest BCUT2D eigenvalue weighted by Crippen LogP contribution is 2.29. The van der Waals surface area contributed by atoms with E-state index in [-0.39, 0.29) is 22.6 Å². The Balaban J connectivity index is 1.66. The lowest BCUT2D eigenvalue weighted by Crippen LogP contribution is -2.23. The highest BCUT2D eigenvalue weighted by molar-refractivity contribution is 6.30. The topological polar surface area (TPSA) is 83.0 Å². The van der Waals surface area contributed by atoms with E-state index in [1.807, 2.05) is 66.2 Å². The molecule has 0 amide bonds. The molecule has 0 fully saturated rings. The monoisotopic (exact) mass is 529 g/mol. The minimum Gasteiger partial charge on any atom is -0.478 e. The molecule has 1 N–H and O–H groups in total. The summed E-state index contributed by atoms with van der Waals surface area (Å²) in [6, 6.07) is 25.1. The molecule has 0 aliphatic heterocycles. The van der Waals surface area contributed by atoms with Crippen molar-refractivity contribution in [1.29, 1.82) is 0 Å². The molecule has 194 valence electrons. The zero-order valence-corrected chi connectivity index (χ0v) is 21.9. The number of carbonyl (C=O) groups excluding carboxylic acids is 1. The van der Waals surface area contributed by atoms with E-state index in [0.717, 1.165) is 17.1 Å². The second-order valence-electron chi connectivity index (χ2n) is 8.52. The number of aromatic carboxylic acids is 1. The Labute approximate surface area is 226 Å². The Kier molecular flexibility index (Phi) is 8.73. The van der Waals surface area contributed by atoms with Gasteiger partial charge in [0.05, 0.1) is 24.1 Å². The number of hydrogen-bond acceptors (Lipinski definition) is 6. The molecule has 4 aromatic rings. The summed E-state index contributed by atoms with van der Waals surface area (Å²) >= 11 is 5.99. The van der Waals surface area contributed by atoms with E-state index in [1.54, 1.807) is 42.6 Å². The summed E-state index contributed by atoms with van der Waals surface area (Å²) in [5.74, 6) is -1.49. The standard InChI is InChI=1S/C30H28ClN3O4/c1-3-38-16-15-34(25-7-5-4-6-8-25)27-18-21(17-22(19-27)30(36)37)29(35)28-14-13-26(20-32-28)33(2)24-11-9-23(31)10-12-24/h4-14,17-20H,3,15-16H2,1-2H3,(H,36,37). The number of carboxylic acid groups (broad SMARTS) is 1. The van der Waals surface area contributed by atoms with Crippen LogP contribution in [0, 0.1) is 0 Å². The van der Waals surface area contributed by atoms with Crippen LogP contribution >= 0.6 is 11.6 Å². The quantitative estimate of drug-likeness (QED) is 0.173. The summed E-state index contributed by atoms with van der Waals surface area (Å²) < 4.78 is 5.55. The van der Waals surface area contributed by atoms with Gasteiger partial charge in [-0.1, -0.05) is 29.8 Å². The Morgan fingerprint density at radius 2 is 1.55 bits per heavy atom. The molecule has 3 aromatic carbocycles. The average Bonchev–Trinajstić information content (AvgIpc) is 2.95. The predicted octanol–water partition coefficient (Wildman–Crippen LogP) is 6.61. The fraction of sp³-hybridized carbons (Fsp3) is 0.167. The van der Waals surface area contributed by atoms with Gasteiger partial charge in [0.25, 0.3) is 0 Å². The van der Waals surface area contributed by atoms with Crippen molar-refractivity contribution < 1.29 is 19.4 Å². The molecule has 0 aliphatic rings. The Morgan fingerprint density at radius 1 is 0.868 bits per heavy atom. The largest absolute Gasteiger partial charge is 0.478 e. The molecule has 0 saturated heterocycles. The SMILES string of the molecule is CCOCCN(c1ccccc1)c1cc(C(=O)O)cc(C(=O)c2ccc(N(C)c3ccc(Cl)cc3)cn2)c1. The molecule has 0 atom stereocenters. The van der Waals surface area contributed by atoms with Gasteiger partial charge in [-0.15, -0.1) is 0 Å². The van der Waals surface area contributed by atoms with Gasteiger partial charge in [-0.3, -0.25) is 9.78 Å². The second kappa shape index (κ2) is 12.4. The van der Waals surface area contributed by atoms with Gasteiger partial charge in [0.2, 0.25) is 5.78 Å². The number of halogens is 1. The van der Waals surface area contributed by atoms with Crippen molar-refractivity contribution in [1.82, 2.24) is 4.98 Å². The zero-order valence-electron chi connectivity index (χ0n) is 21.2. The molecule has 0 bridgehead atoms. The number of ether oxygens (including phenoxy) is 1. The van der Waals surface area contributed by atoms with Gasteiger partial charge in [-0.2, -0.15) is 0 Å². The highest BCUT2D eigenvalue weighted by Gasteiger charge is 2.19. The number of nitrogens with zero attached hydrogens (tertiary/aromatic N) is 3. The van der Waals surface area contributed by atoms with Gasteiger partial charge >= 0.3 is 5.97 Å². The third-order valence-corrected chi connectivity index (χ3v) is 6.30. The van der Waals surface area contributed by atoms with Crippen molar-refractivity contribution in [2.45, 2.75) is 6.92 Å². The number of anilines is 4. The first-order valence-electron chi connectivity index (χ1n) is 12.2. The van der Waals surface area contributed by atoms with Crippen LogP contribution in [0.3, 0.4) is 0 Å². The van der Waals surface area contributed by atoms with Crippen LogP contribution < -0.4 is 9.80 Å². The number of para-hydroxylation sites is 1. The minimum atomic E-state index is -1.12. The molecule has 0 radical (unpaired) electrons. The zero-order chi connectivity index (χ0) is 27.1. The molecule has 0 unspecified atom stereocenters. The van der Waals surface area contributed by atoms with E-state index in [9.17, 15) is 14.7 Å². The first kappa shape index (κ1) is 26.9. The van der Waals surface area contributed by atoms with Crippen LogP contribution in [0.2, 0.25) is 5.02 Å². The maximum atomic E-state index is 13.5. The maximum absolute atomic E-state index is 13.5. The molecule has 1 heterocycles. The lowest BCUT2D eigenvalue weighted by Gasteiger charge is -2.26. The van der Waals surface area contributed by atoms with Crippen LogP contribution in [0.25, 0.3) is 0 Å². The Hall–Kier alpha value is -4.20. The fourth-order valence-electron chi connectivity index (χ4n) is 4.02. The molecule has 1 aromatic heterocycles. The number of ketones is 1. The first-order valence-corrected chi connectivity index (χ1v) is 12.5. The van der Waals surface area contributed by atoms with Crippen LogP contribution in [-0.4, -0.2) is 48.6 Å². The van der Waals surface area contributed by atoms with Crippen LogP contribution in [0.1, 0.15) is 33.3 Å². The first-order chi connectivity index (χ1) is 18.4. The van der Waals surface area contributed by atoms with Gasteiger partial charge in [-0.05, 0) is 73.7 Å². The molecule has 0 aliphatic carbocycles. The van der Waals surface area contributed by atoms with Crippen molar-refractivity contribution in [2.75, 3.05) is 36.6 Å². The summed E-state index contributed by atoms with van der Waals surface area (Å²) in [7, 11) is 1.89. The van der Waals surface area contributed by atoms with Gasteiger partial charge in [0.15, 0.2) is 0 Å². The van der Waals surface area contributed by atoms with Gasteiger partial charge in [-0.25, -0.2) is 4.79 Å². The highest BCUT2D eigenvalue weighted by atomic mass is 35.5. The lowest BCUT2D eigenvalue weighted by molar-refractivity contribution is 0.0697. The van der Waals surface area contributed by atoms with Gasteiger partial charge in [0.1, 0.15) is 5.69 Å². The number of pyridine rings is 1.